The fraction of sp³-hybridized carbons (Fsp3) is 0.308. The highest BCUT2D eigenvalue weighted by molar-refractivity contribution is 5.82. The van der Waals surface area contributed by atoms with Gasteiger partial charge in [0.1, 0.15) is 11.2 Å². The first kappa shape index (κ1) is 15.4. The number of para-hydroxylation sites is 1. The molecule has 9 heteroatoms. The van der Waals surface area contributed by atoms with Gasteiger partial charge in [0, 0.05) is 6.07 Å². The normalized spacial score (nSPS) is 11.0. The number of nitrogens with one attached hydrogen (secondary N) is 1. The number of hydrogen-bond acceptors (Lipinski definition) is 7. The maximum atomic E-state index is 11.6. The molecule has 0 aliphatic heterocycles. The minimum atomic E-state index is -0.759. The molecule has 0 atom stereocenters. The van der Waals surface area contributed by atoms with Crippen LogP contribution in [0.5, 0.6) is 0 Å². The maximum Gasteiger partial charge on any atom is 0.415 e. The van der Waals surface area contributed by atoms with Crippen LogP contribution in [-0.2, 0) is 4.74 Å². The molecule has 0 aliphatic carbocycles. The van der Waals surface area contributed by atoms with Crippen molar-refractivity contribution in [3.63, 3.8) is 0 Å². The molecular weight excluding hydrogens is 292 g/mol. The molecule has 2 aromatic rings. The number of aromatic nitrogens is 2. The highest BCUT2D eigenvalue weighted by Crippen LogP contribution is 2.29. The van der Waals surface area contributed by atoms with Crippen LogP contribution in [0.1, 0.15) is 20.8 Å². The van der Waals surface area contributed by atoms with Gasteiger partial charge in [0.2, 0.25) is 0 Å². The summed E-state index contributed by atoms with van der Waals surface area (Å²) in [5, 5.41) is 20.5. The van der Waals surface area contributed by atoms with Gasteiger partial charge in [-0.05, 0) is 26.8 Å². The topological polar surface area (TPSA) is 120 Å². The number of nitro benzene ring substituents is 1. The molecule has 1 heterocycles. The van der Waals surface area contributed by atoms with Crippen molar-refractivity contribution < 1.29 is 18.9 Å². The van der Waals surface area contributed by atoms with Crippen LogP contribution < -0.4 is 5.32 Å². The molecule has 0 spiro atoms. The molecule has 1 aromatic heterocycles. The third kappa shape index (κ3) is 3.78. The van der Waals surface area contributed by atoms with Crippen molar-refractivity contribution in [1.29, 1.82) is 0 Å². The fourth-order valence-corrected chi connectivity index (χ4v) is 1.59. The zero-order valence-corrected chi connectivity index (χ0v) is 12.2. The lowest BCUT2D eigenvalue weighted by Gasteiger charge is -2.18. The van der Waals surface area contributed by atoms with E-state index in [1.54, 1.807) is 26.8 Å². The molecule has 0 radical (unpaired) electrons. The SMILES string of the molecule is CC(C)(C)OC(=O)Nc1nnc(-c2ccccc2[N+](=O)[O-])o1. The minimum Gasteiger partial charge on any atom is -0.443 e. The molecule has 0 saturated heterocycles. The van der Waals surface area contributed by atoms with E-state index in [2.05, 4.69) is 15.5 Å². The Morgan fingerprint density at radius 2 is 2.00 bits per heavy atom. The van der Waals surface area contributed by atoms with Gasteiger partial charge in [-0.15, -0.1) is 5.10 Å². The van der Waals surface area contributed by atoms with Gasteiger partial charge in [0.25, 0.3) is 11.6 Å². The van der Waals surface area contributed by atoms with Crippen molar-refractivity contribution in [2.24, 2.45) is 0 Å². The number of ether oxygens (including phenoxy) is 1. The molecule has 0 saturated carbocycles. The highest BCUT2D eigenvalue weighted by atomic mass is 16.6. The smallest absolute Gasteiger partial charge is 0.415 e. The Bertz CT molecular complexity index is 704. The standard InChI is InChI=1S/C13H14N4O5/c1-13(2,3)22-12(18)14-11-16-15-10(21-11)8-6-4-5-7-9(8)17(19)20/h4-7H,1-3H3,(H,14,16,18). The molecule has 22 heavy (non-hydrogen) atoms. The number of rotatable bonds is 3. The van der Waals surface area contributed by atoms with Gasteiger partial charge in [0.05, 0.1) is 4.92 Å². The quantitative estimate of drug-likeness (QED) is 0.683. The largest absolute Gasteiger partial charge is 0.443 e. The Balaban J connectivity index is 2.19. The van der Waals surface area contributed by atoms with E-state index in [0.29, 0.717) is 0 Å². The summed E-state index contributed by atoms with van der Waals surface area (Å²) in [6.07, 6.45) is -0.759. The lowest BCUT2D eigenvalue weighted by Crippen LogP contribution is -2.27. The summed E-state index contributed by atoms with van der Waals surface area (Å²) in [5.74, 6) is -0.0710. The summed E-state index contributed by atoms with van der Waals surface area (Å²) in [6.45, 7) is 5.12. The predicted octanol–water partition coefficient (Wildman–Crippen LogP) is 2.99. The number of nitro groups is 1. The van der Waals surface area contributed by atoms with Crippen LogP contribution in [0.2, 0.25) is 0 Å². The molecule has 2 rings (SSSR count). The summed E-state index contributed by atoms with van der Waals surface area (Å²) < 4.78 is 10.2. The van der Waals surface area contributed by atoms with Crippen LogP contribution in [0, 0.1) is 10.1 Å². The Morgan fingerprint density at radius 3 is 2.64 bits per heavy atom. The predicted molar refractivity (Wildman–Crippen MR) is 76.2 cm³/mol. The van der Waals surface area contributed by atoms with E-state index in [-0.39, 0.29) is 23.2 Å². The monoisotopic (exact) mass is 306 g/mol. The molecular formula is C13H14N4O5. The Kier molecular flexibility index (Phi) is 4.06. The fourth-order valence-electron chi connectivity index (χ4n) is 1.59. The summed E-state index contributed by atoms with van der Waals surface area (Å²) >= 11 is 0. The van der Waals surface area contributed by atoms with Crippen molar-refractivity contribution in [2.75, 3.05) is 5.32 Å². The molecule has 116 valence electrons. The van der Waals surface area contributed by atoms with Crippen molar-refractivity contribution in [2.45, 2.75) is 26.4 Å². The number of amides is 1. The van der Waals surface area contributed by atoms with Gasteiger partial charge in [-0.1, -0.05) is 17.2 Å². The average molecular weight is 306 g/mol. The third-order valence-corrected chi connectivity index (χ3v) is 2.36. The van der Waals surface area contributed by atoms with E-state index in [1.807, 2.05) is 0 Å². The maximum absolute atomic E-state index is 11.6. The van der Waals surface area contributed by atoms with Crippen molar-refractivity contribution in [3.05, 3.63) is 34.4 Å². The van der Waals surface area contributed by atoms with Gasteiger partial charge in [-0.3, -0.25) is 10.1 Å². The first-order valence-electron chi connectivity index (χ1n) is 6.33. The Morgan fingerprint density at radius 1 is 1.32 bits per heavy atom. The van der Waals surface area contributed by atoms with Crippen LogP contribution in [0.25, 0.3) is 11.5 Å². The highest BCUT2D eigenvalue weighted by Gasteiger charge is 2.22. The van der Waals surface area contributed by atoms with Crippen LogP contribution in [0.3, 0.4) is 0 Å². The number of carbonyl (C=O) groups is 1. The van der Waals surface area contributed by atoms with E-state index >= 15 is 0 Å². The zero-order chi connectivity index (χ0) is 16.3. The molecule has 0 bridgehead atoms. The number of carbonyl (C=O) groups excluding carboxylic acids is 1. The molecule has 0 unspecified atom stereocenters. The Hall–Kier alpha value is -2.97. The number of nitrogens with zero attached hydrogens (tertiary/aromatic N) is 3. The summed E-state index contributed by atoms with van der Waals surface area (Å²) in [4.78, 5) is 22.0. The zero-order valence-electron chi connectivity index (χ0n) is 12.2. The number of hydrogen-bond donors (Lipinski definition) is 1. The van der Waals surface area contributed by atoms with Gasteiger partial charge in [0.15, 0.2) is 0 Å². The van der Waals surface area contributed by atoms with Crippen molar-refractivity contribution in [3.8, 4) is 11.5 Å². The average Bonchev–Trinajstić information content (AvgIpc) is 2.84. The minimum absolute atomic E-state index is 0.0710. The van der Waals surface area contributed by atoms with Gasteiger partial charge in [-0.2, -0.15) is 0 Å². The van der Waals surface area contributed by atoms with Crippen LogP contribution >= 0.6 is 0 Å². The second kappa shape index (κ2) is 5.80. The second-order valence-electron chi connectivity index (χ2n) is 5.31. The summed E-state index contributed by atoms with van der Waals surface area (Å²) in [7, 11) is 0. The first-order valence-corrected chi connectivity index (χ1v) is 6.33. The van der Waals surface area contributed by atoms with Gasteiger partial charge >= 0.3 is 12.1 Å². The lowest BCUT2D eigenvalue weighted by molar-refractivity contribution is -0.384. The number of benzene rings is 1. The van der Waals surface area contributed by atoms with Gasteiger partial charge in [-0.25, -0.2) is 10.1 Å². The van der Waals surface area contributed by atoms with Gasteiger partial charge < -0.3 is 9.15 Å². The molecule has 0 fully saturated rings. The molecule has 1 amide bonds. The van der Waals surface area contributed by atoms with Crippen LogP contribution in [-0.4, -0.2) is 26.8 Å². The summed E-state index contributed by atoms with van der Waals surface area (Å²) in [6, 6.07) is 5.72. The summed E-state index contributed by atoms with van der Waals surface area (Å²) in [5.41, 5.74) is -0.683. The van der Waals surface area contributed by atoms with E-state index in [9.17, 15) is 14.9 Å². The van der Waals surface area contributed by atoms with E-state index in [0.717, 1.165) is 0 Å². The molecule has 1 N–H and O–H groups in total. The van der Waals surface area contributed by atoms with E-state index in [1.165, 1.54) is 18.2 Å². The van der Waals surface area contributed by atoms with Crippen LogP contribution in [0.4, 0.5) is 16.5 Å². The molecule has 9 nitrogen and oxygen atoms in total. The van der Waals surface area contributed by atoms with Crippen molar-refractivity contribution >= 4 is 17.8 Å². The lowest BCUT2D eigenvalue weighted by atomic mass is 10.2. The molecule has 0 aliphatic rings. The van der Waals surface area contributed by atoms with E-state index in [4.69, 9.17) is 9.15 Å². The second-order valence-corrected chi connectivity index (χ2v) is 5.31. The van der Waals surface area contributed by atoms with Crippen LogP contribution in [0.15, 0.2) is 28.7 Å². The number of anilines is 1. The van der Waals surface area contributed by atoms with Crippen molar-refractivity contribution in [1.82, 2.24) is 10.2 Å². The molecule has 1 aromatic carbocycles. The Labute approximate surface area is 125 Å². The first-order chi connectivity index (χ1) is 10.3. The third-order valence-electron chi connectivity index (χ3n) is 2.36. The van der Waals surface area contributed by atoms with E-state index < -0.39 is 16.6 Å².